The minimum absolute atomic E-state index is 0.593. The van der Waals surface area contributed by atoms with Crippen LogP contribution in [0.2, 0.25) is 0 Å². The van der Waals surface area contributed by atoms with Crippen molar-refractivity contribution >= 4 is 34.4 Å². The van der Waals surface area contributed by atoms with Crippen LogP contribution in [0.5, 0.6) is 0 Å². The highest BCUT2D eigenvalue weighted by atomic mass is 33.1. The number of nitrogens with two attached hydrogens (primary N) is 1. The van der Waals surface area contributed by atoms with Crippen molar-refractivity contribution in [3.8, 4) is 0 Å². The molecule has 1 aliphatic carbocycles. The molecule has 6 heteroatoms. The van der Waals surface area contributed by atoms with E-state index in [4.69, 9.17) is 5.73 Å². The lowest BCUT2D eigenvalue weighted by atomic mass is 9.75. The third-order valence-corrected chi connectivity index (χ3v) is 7.20. The molecule has 1 saturated heterocycles. The molecule has 3 rings (SSSR count). The predicted octanol–water partition coefficient (Wildman–Crippen LogP) is 5.28. The maximum atomic E-state index is 5.44. The van der Waals surface area contributed by atoms with Gasteiger partial charge in [-0.2, -0.15) is 0 Å². The Hall–Kier alpha value is 0.120. The van der Waals surface area contributed by atoms with Crippen molar-refractivity contribution in [2.75, 3.05) is 19.3 Å². The number of pyridine rings is 1. The SMILES string of the molecule is CSc1cc(CN)ccn1.C[C@H]1CC(C2CCCCC2)CN(SS)C1. The van der Waals surface area contributed by atoms with Crippen molar-refractivity contribution < 1.29 is 0 Å². The van der Waals surface area contributed by atoms with Crippen LogP contribution in [0, 0.1) is 17.8 Å². The smallest absolute Gasteiger partial charge is 0.0960 e. The zero-order chi connectivity index (χ0) is 18.1. The van der Waals surface area contributed by atoms with E-state index in [2.05, 4.69) is 27.9 Å². The molecule has 2 aliphatic rings. The summed E-state index contributed by atoms with van der Waals surface area (Å²) < 4.78 is 2.45. The van der Waals surface area contributed by atoms with Crippen molar-refractivity contribution in [2.45, 2.75) is 57.0 Å². The van der Waals surface area contributed by atoms with Crippen LogP contribution < -0.4 is 5.73 Å². The number of rotatable bonds is 4. The van der Waals surface area contributed by atoms with Gasteiger partial charge >= 0.3 is 0 Å². The molecule has 2 fully saturated rings. The molecule has 1 saturated carbocycles. The van der Waals surface area contributed by atoms with E-state index in [1.807, 2.05) is 18.4 Å². The van der Waals surface area contributed by atoms with E-state index in [-0.39, 0.29) is 0 Å². The molecule has 2 N–H and O–H groups in total. The molecule has 1 aromatic heterocycles. The zero-order valence-corrected chi connectivity index (χ0v) is 18.1. The Labute approximate surface area is 167 Å². The average molecular weight is 400 g/mol. The predicted molar refractivity (Wildman–Crippen MR) is 116 cm³/mol. The van der Waals surface area contributed by atoms with E-state index in [9.17, 15) is 0 Å². The van der Waals surface area contributed by atoms with Crippen LogP contribution >= 0.6 is 34.4 Å². The first-order chi connectivity index (χ1) is 12.2. The second-order valence-corrected chi connectivity index (χ2v) is 9.33. The fourth-order valence-electron chi connectivity index (χ4n) is 4.05. The maximum Gasteiger partial charge on any atom is 0.0960 e. The monoisotopic (exact) mass is 399 g/mol. The Kier molecular flexibility index (Phi) is 10.1. The van der Waals surface area contributed by atoms with E-state index >= 15 is 0 Å². The molecular weight excluding hydrogens is 366 g/mol. The van der Waals surface area contributed by atoms with Crippen molar-refractivity contribution in [3.63, 3.8) is 0 Å². The van der Waals surface area contributed by atoms with Gasteiger partial charge in [-0.15, -0.1) is 11.8 Å². The van der Waals surface area contributed by atoms with Gasteiger partial charge in [-0.3, -0.25) is 0 Å². The largest absolute Gasteiger partial charge is 0.326 e. The van der Waals surface area contributed by atoms with E-state index in [1.54, 1.807) is 28.9 Å². The van der Waals surface area contributed by atoms with Gasteiger partial charge in [0, 0.05) is 25.8 Å². The summed E-state index contributed by atoms with van der Waals surface area (Å²) in [6, 6.07) is 3.93. The van der Waals surface area contributed by atoms with Gasteiger partial charge in [-0.25, -0.2) is 9.29 Å². The van der Waals surface area contributed by atoms with E-state index in [0.29, 0.717) is 6.54 Å². The van der Waals surface area contributed by atoms with Crippen LogP contribution in [0.15, 0.2) is 23.4 Å². The third-order valence-electron chi connectivity index (χ3n) is 5.33. The van der Waals surface area contributed by atoms with Gasteiger partial charge in [-0.1, -0.05) is 50.7 Å². The maximum absolute atomic E-state index is 5.44. The summed E-state index contributed by atoms with van der Waals surface area (Å²) in [6.07, 6.45) is 12.6. The first-order valence-electron chi connectivity index (χ1n) is 9.41. The van der Waals surface area contributed by atoms with Crippen molar-refractivity contribution in [2.24, 2.45) is 23.5 Å². The summed E-state index contributed by atoms with van der Waals surface area (Å²) >= 11 is 5.98. The minimum atomic E-state index is 0.593. The molecule has 1 aliphatic heterocycles. The third kappa shape index (κ3) is 7.33. The van der Waals surface area contributed by atoms with Gasteiger partial charge in [0.15, 0.2) is 0 Å². The molecule has 0 aromatic carbocycles. The van der Waals surface area contributed by atoms with Crippen LogP contribution in [0.3, 0.4) is 0 Å². The van der Waals surface area contributed by atoms with Gasteiger partial charge < -0.3 is 5.73 Å². The average Bonchev–Trinajstić information content (AvgIpc) is 2.68. The number of aromatic nitrogens is 1. The number of hydrogen-bond acceptors (Lipinski definition) is 6. The summed E-state index contributed by atoms with van der Waals surface area (Å²) in [4.78, 5) is 4.11. The molecule has 25 heavy (non-hydrogen) atoms. The number of nitrogens with zero attached hydrogens (tertiary/aromatic N) is 2. The lowest BCUT2D eigenvalue weighted by Crippen LogP contribution is -2.38. The molecule has 2 atom stereocenters. The number of thiol groups is 1. The highest BCUT2D eigenvalue weighted by Gasteiger charge is 2.31. The molecule has 0 radical (unpaired) electrons. The second kappa shape index (κ2) is 11.8. The van der Waals surface area contributed by atoms with Gasteiger partial charge in [0.2, 0.25) is 0 Å². The van der Waals surface area contributed by atoms with Crippen molar-refractivity contribution in [1.82, 2.24) is 9.29 Å². The molecule has 2 heterocycles. The molecule has 1 unspecified atom stereocenters. The van der Waals surface area contributed by atoms with Crippen molar-refractivity contribution in [3.05, 3.63) is 23.9 Å². The summed E-state index contributed by atoms with van der Waals surface area (Å²) in [5, 5.41) is 1.03. The summed E-state index contributed by atoms with van der Waals surface area (Å²) in [6.45, 7) is 5.50. The first kappa shape index (κ1) is 21.4. The molecule has 1 aromatic rings. The van der Waals surface area contributed by atoms with Gasteiger partial charge in [0.05, 0.1) is 5.03 Å². The van der Waals surface area contributed by atoms with Crippen LogP contribution in [0.1, 0.15) is 51.0 Å². The standard InChI is InChI=1S/C12H23NS2.C7H10N2S/c1-10-7-12(9-13(8-10)15-14)11-5-3-2-4-6-11;1-10-7-4-6(5-8)2-3-9-7/h10-12,14H,2-9H2,1H3;2-4H,5,8H2,1H3/t10-,12?;/m0./s1. The van der Waals surface area contributed by atoms with Gasteiger partial charge in [-0.05, 0) is 59.1 Å². The zero-order valence-electron chi connectivity index (χ0n) is 15.6. The van der Waals surface area contributed by atoms with Crippen molar-refractivity contribution in [1.29, 1.82) is 0 Å². The van der Waals surface area contributed by atoms with Crippen LogP contribution in [0.25, 0.3) is 0 Å². The Morgan fingerprint density at radius 3 is 2.64 bits per heavy atom. The highest BCUT2D eigenvalue weighted by Crippen LogP contribution is 2.38. The molecule has 0 bridgehead atoms. The highest BCUT2D eigenvalue weighted by molar-refractivity contribution is 8.67. The topological polar surface area (TPSA) is 42.1 Å². The van der Waals surface area contributed by atoms with E-state index in [1.165, 1.54) is 51.6 Å². The van der Waals surface area contributed by atoms with Crippen LogP contribution in [0.4, 0.5) is 0 Å². The van der Waals surface area contributed by atoms with Crippen LogP contribution in [-0.2, 0) is 6.54 Å². The Balaban J connectivity index is 0.000000196. The Morgan fingerprint density at radius 2 is 2.00 bits per heavy atom. The van der Waals surface area contributed by atoms with Crippen LogP contribution in [-0.4, -0.2) is 28.6 Å². The molecule has 142 valence electrons. The molecular formula is C19H33N3S3. The van der Waals surface area contributed by atoms with E-state index < -0.39 is 0 Å². The normalized spacial score (nSPS) is 25.3. The lowest BCUT2D eigenvalue weighted by molar-refractivity contribution is 0.140. The second-order valence-electron chi connectivity index (χ2n) is 7.34. The first-order valence-corrected chi connectivity index (χ1v) is 12.5. The molecule has 3 nitrogen and oxygen atoms in total. The van der Waals surface area contributed by atoms with Gasteiger partial charge in [0.1, 0.15) is 0 Å². The summed E-state index contributed by atoms with van der Waals surface area (Å²) in [5.74, 6) is 2.84. The minimum Gasteiger partial charge on any atom is -0.326 e. The number of hydrogen-bond donors (Lipinski definition) is 2. The summed E-state index contributed by atoms with van der Waals surface area (Å²) in [7, 11) is 1.65. The number of piperidine rings is 1. The van der Waals surface area contributed by atoms with Gasteiger partial charge in [0.25, 0.3) is 0 Å². The lowest BCUT2D eigenvalue weighted by Gasteiger charge is -2.39. The quantitative estimate of drug-likeness (QED) is 0.312. The molecule has 0 amide bonds. The Morgan fingerprint density at radius 1 is 1.24 bits per heavy atom. The fourth-order valence-corrected chi connectivity index (χ4v) is 5.47. The Bertz CT molecular complexity index is 475. The fraction of sp³-hybridized carbons (Fsp3) is 0.737. The molecule has 0 spiro atoms. The number of thioether (sulfide) groups is 1. The summed E-state index contributed by atoms with van der Waals surface area (Å²) in [5.41, 5.74) is 6.57. The van der Waals surface area contributed by atoms with E-state index in [0.717, 1.165) is 28.3 Å².